The monoisotopic (exact) mass is 308 g/mol. The average molecular weight is 308 g/mol. The number of benzene rings is 1. The molecular formula is C17H16N4S. The second-order valence-electron chi connectivity index (χ2n) is 5.57. The number of thiazole rings is 1. The molecule has 1 aliphatic carbocycles. The zero-order chi connectivity index (χ0) is 15.1. The van der Waals surface area contributed by atoms with Crippen molar-refractivity contribution in [2.45, 2.75) is 25.7 Å². The molecule has 0 saturated carbocycles. The number of aromatic nitrogens is 2. The highest BCUT2D eigenvalue weighted by Gasteiger charge is 2.22. The maximum absolute atomic E-state index is 7.73. The van der Waals surface area contributed by atoms with E-state index in [2.05, 4.69) is 4.98 Å². The van der Waals surface area contributed by atoms with Gasteiger partial charge in [0.1, 0.15) is 10.7 Å². The van der Waals surface area contributed by atoms with Crippen molar-refractivity contribution in [3.05, 3.63) is 40.4 Å². The lowest BCUT2D eigenvalue weighted by atomic mass is 9.86. The molecule has 0 saturated heterocycles. The molecule has 3 N–H and O–H groups in total. The number of nitrogens with two attached hydrogens (primary N) is 1. The number of nitrogens with one attached hydrogen (secondary N) is 1. The van der Waals surface area contributed by atoms with Gasteiger partial charge < -0.3 is 11.1 Å². The maximum atomic E-state index is 7.73. The number of pyridine rings is 1. The highest BCUT2D eigenvalue weighted by Crippen LogP contribution is 2.37. The van der Waals surface area contributed by atoms with Crippen molar-refractivity contribution in [3.63, 3.8) is 0 Å². The number of fused-ring (bicyclic) bond motifs is 3. The highest BCUT2D eigenvalue weighted by atomic mass is 32.1. The van der Waals surface area contributed by atoms with Crippen LogP contribution in [0.5, 0.6) is 0 Å². The molecule has 0 unspecified atom stereocenters. The van der Waals surface area contributed by atoms with Gasteiger partial charge in [0.2, 0.25) is 0 Å². The van der Waals surface area contributed by atoms with E-state index in [4.69, 9.17) is 16.1 Å². The van der Waals surface area contributed by atoms with Crippen LogP contribution in [-0.4, -0.2) is 16.2 Å². The quantitative estimate of drug-likeness (QED) is 0.558. The van der Waals surface area contributed by atoms with Gasteiger partial charge in [-0.3, -0.25) is 0 Å². The summed E-state index contributed by atoms with van der Waals surface area (Å²) in [6.45, 7) is 0. The van der Waals surface area contributed by atoms with Crippen molar-refractivity contribution in [1.29, 1.82) is 5.41 Å². The number of nitrogen functional groups attached to an aromatic ring is 1. The Labute approximate surface area is 132 Å². The molecular weight excluding hydrogens is 292 g/mol. The van der Waals surface area contributed by atoms with Crippen molar-refractivity contribution in [2.75, 3.05) is 5.73 Å². The van der Waals surface area contributed by atoms with E-state index >= 15 is 0 Å². The Morgan fingerprint density at radius 3 is 2.73 bits per heavy atom. The van der Waals surface area contributed by atoms with Gasteiger partial charge in [-0.15, -0.1) is 11.3 Å². The van der Waals surface area contributed by atoms with E-state index in [-0.39, 0.29) is 0 Å². The van der Waals surface area contributed by atoms with Crippen LogP contribution in [0.15, 0.2) is 23.7 Å². The SMILES string of the molecule is N=Cc1c(N)ccc2nc(-c3nccs3)c3c(c12)CCCC3. The van der Waals surface area contributed by atoms with Crippen LogP contribution < -0.4 is 5.73 Å². The number of aryl methyl sites for hydroxylation is 1. The van der Waals surface area contributed by atoms with Gasteiger partial charge >= 0.3 is 0 Å². The normalized spacial score (nSPS) is 14.0. The van der Waals surface area contributed by atoms with Crippen LogP contribution in [0, 0.1) is 5.41 Å². The van der Waals surface area contributed by atoms with Crippen LogP contribution in [-0.2, 0) is 12.8 Å². The smallest absolute Gasteiger partial charge is 0.142 e. The molecule has 22 heavy (non-hydrogen) atoms. The molecule has 0 amide bonds. The van der Waals surface area contributed by atoms with E-state index in [9.17, 15) is 0 Å². The fraction of sp³-hybridized carbons (Fsp3) is 0.235. The summed E-state index contributed by atoms with van der Waals surface area (Å²) >= 11 is 1.63. The van der Waals surface area contributed by atoms with Gasteiger partial charge in [-0.2, -0.15) is 0 Å². The first-order valence-electron chi connectivity index (χ1n) is 7.44. The second-order valence-corrected chi connectivity index (χ2v) is 6.46. The lowest BCUT2D eigenvalue weighted by molar-refractivity contribution is 0.689. The van der Waals surface area contributed by atoms with E-state index in [0.29, 0.717) is 5.69 Å². The number of nitrogens with zero attached hydrogens (tertiary/aromatic N) is 2. The molecule has 3 aromatic rings. The van der Waals surface area contributed by atoms with E-state index in [1.54, 1.807) is 11.3 Å². The Kier molecular flexibility index (Phi) is 3.15. The molecule has 2 heterocycles. The lowest BCUT2D eigenvalue weighted by Crippen LogP contribution is -2.09. The summed E-state index contributed by atoms with van der Waals surface area (Å²) in [6, 6.07) is 3.81. The minimum absolute atomic E-state index is 0.652. The largest absolute Gasteiger partial charge is 0.398 e. The molecule has 1 aliphatic rings. The molecule has 1 aromatic carbocycles. The van der Waals surface area contributed by atoms with E-state index < -0.39 is 0 Å². The topological polar surface area (TPSA) is 75.7 Å². The minimum Gasteiger partial charge on any atom is -0.398 e. The van der Waals surface area contributed by atoms with Crippen LogP contribution in [0.2, 0.25) is 0 Å². The molecule has 0 aliphatic heterocycles. The summed E-state index contributed by atoms with van der Waals surface area (Å²) in [5.74, 6) is 0. The van der Waals surface area contributed by atoms with Crippen LogP contribution in [0.1, 0.15) is 29.5 Å². The van der Waals surface area contributed by atoms with Crippen molar-refractivity contribution in [2.24, 2.45) is 0 Å². The molecule has 0 radical (unpaired) electrons. The molecule has 2 aromatic heterocycles. The van der Waals surface area contributed by atoms with Gasteiger partial charge in [0, 0.05) is 34.4 Å². The van der Waals surface area contributed by atoms with Gasteiger partial charge in [-0.05, 0) is 48.9 Å². The third-order valence-corrected chi connectivity index (χ3v) is 5.10. The number of hydrogen-bond donors (Lipinski definition) is 2. The zero-order valence-electron chi connectivity index (χ0n) is 12.1. The van der Waals surface area contributed by atoms with Crippen molar-refractivity contribution in [1.82, 2.24) is 9.97 Å². The first kappa shape index (κ1) is 13.4. The minimum atomic E-state index is 0.652. The maximum Gasteiger partial charge on any atom is 0.142 e. The van der Waals surface area contributed by atoms with Crippen molar-refractivity contribution >= 4 is 34.1 Å². The van der Waals surface area contributed by atoms with E-state index in [1.807, 2.05) is 23.7 Å². The van der Waals surface area contributed by atoms with Gasteiger partial charge in [0.15, 0.2) is 0 Å². The van der Waals surface area contributed by atoms with Gasteiger partial charge in [0.25, 0.3) is 0 Å². The molecule has 0 atom stereocenters. The first-order chi connectivity index (χ1) is 10.8. The molecule has 110 valence electrons. The highest BCUT2D eigenvalue weighted by molar-refractivity contribution is 7.13. The Hall–Kier alpha value is -2.27. The summed E-state index contributed by atoms with van der Waals surface area (Å²) in [6.07, 6.45) is 7.59. The molecule has 0 fully saturated rings. The van der Waals surface area contributed by atoms with E-state index in [0.717, 1.165) is 40.0 Å². The number of rotatable bonds is 2. The van der Waals surface area contributed by atoms with Crippen molar-refractivity contribution < 1.29 is 0 Å². The average Bonchev–Trinajstić information content (AvgIpc) is 3.08. The number of hydrogen-bond acceptors (Lipinski definition) is 5. The standard InChI is InChI=1S/C17H16N4S/c18-9-12-13(19)5-6-14-15(12)10-3-1-2-4-11(10)16(21-14)17-20-7-8-22-17/h5-9,18H,1-4,19H2. The summed E-state index contributed by atoms with van der Waals surface area (Å²) in [7, 11) is 0. The fourth-order valence-corrected chi connectivity index (χ4v) is 3.99. The Morgan fingerprint density at radius 2 is 2.00 bits per heavy atom. The van der Waals surface area contributed by atoms with Gasteiger partial charge in [0.05, 0.1) is 5.52 Å². The van der Waals surface area contributed by atoms with Crippen molar-refractivity contribution in [3.8, 4) is 10.7 Å². The lowest BCUT2D eigenvalue weighted by Gasteiger charge is -2.21. The summed E-state index contributed by atoms with van der Waals surface area (Å²) < 4.78 is 0. The number of anilines is 1. The van der Waals surface area contributed by atoms with Gasteiger partial charge in [-0.1, -0.05) is 0 Å². The Bertz CT molecular complexity index is 868. The third kappa shape index (κ3) is 1.93. The molecule has 4 rings (SSSR count). The summed E-state index contributed by atoms with van der Waals surface area (Å²) in [5.41, 5.74) is 12.1. The molecule has 5 heteroatoms. The predicted octanol–water partition coefficient (Wildman–Crippen LogP) is 3.82. The molecule has 0 bridgehead atoms. The second kappa shape index (κ2) is 5.18. The van der Waals surface area contributed by atoms with E-state index in [1.165, 1.54) is 30.2 Å². The van der Waals surface area contributed by atoms with Crippen LogP contribution >= 0.6 is 11.3 Å². The predicted molar refractivity (Wildman–Crippen MR) is 91.8 cm³/mol. The third-order valence-electron chi connectivity index (χ3n) is 4.32. The first-order valence-corrected chi connectivity index (χ1v) is 8.32. The molecule has 4 nitrogen and oxygen atoms in total. The zero-order valence-corrected chi connectivity index (χ0v) is 12.9. The summed E-state index contributed by atoms with van der Waals surface area (Å²) in [5, 5.41) is 11.8. The molecule has 0 spiro atoms. The Morgan fingerprint density at radius 1 is 1.18 bits per heavy atom. The van der Waals surface area contributed by atoms with Crippen LogP contribution in [0.25, 0.3) is 21.6 Å². The fourth-order valence-electron chi connectivity index (χ4n) is 3.34. The van der Waals surface area contributed by atoms with Gasteiger partial charge in [-0.25, -0.2) is 9.97 Å². The van der Waals surface area contributed by atoms with Crippen LogP contribution in [0.3, 0.4) is 0 Å². The Balaban J connectivity index is 2.13. The summed E-state index contributed by atoms with van der Waals surface area (Å²) in [4.78, 5) is 9.32. The van der Waals surface area contributed by atoms with Crippen LogP contribution in [0.4, 0.5) is 5.69 Å².